The summed E-state index contributed by atoms with van der Waals surface area (Å²) in [5.74, 6) is 0.257. The molecule has 1 heterocycles. The van der Waals surface area contributed by atoms with E-state index in [9.17, 15) is 4.79 Å². The number of likely N-dealkylation sites (tertiary alicyclic amines) is 1. The van der Waals surface area contributed by atoms with Crippen LogP contribution in [0.5, 0.6) is 0 Å². The lowest BCUT2D eigenvalue weighted by Crippen LogP contribution is -2.62. The van der Waals surface area contributed by atoms with E-state index in [1.54, 1.807) is 0 Å². The third-order valence-electron chi connectivity index (χ3n) is 5.07. The number of hydrogen-bond donors (Lipinski definition) is 2. The molecule has 2 fully saturated rings. The fourth-order valence-corrected chi connectivity index (χ4v) is 3.38. The van der Waals surface area contributed by atoms with Crippen molar-refractivity contribution < 1.29 is 4.79 Å². The highest BCUT2D eigenvalue weighted by Crippen LogP contribution is 2.40. The molecule has 110 valence electrons. The molecule has 3 N–H and O–H groups in total. The number of primary amides is 1. The maximum atomic E-state index is 12.0. The molecule has 1 amide bonds. The molecule has 4 heteroatoms. The van der Waals surface area contributed by atoms with Gasteiger partial charge in [0.2, 0.25) is 5.91 Å². The number of nitrogens with zero attached hydrogens (tertiary/aromatic N) is 1. The van der Waals surface area contributed by atoms with Crippen LogP contribution >= 0.6 is 0 Å². The molecule has 19 heavy (non-hydrogen) atoms. The Labute approximate surface area is 117 Å². The van der Waals surface area contributed by atoms with E-state index in [0.717, 1.165) is 32.5 Å². The first-order valence-electron chi connectivity index (χ1n) is 7.61. The highest BCUT2D eigenvalue weighted by molar-refractivity contribution is 5.86. The summed E-state index contributed by atoms with van der Waals surface area (Å²) in [5.41, 5.74) is 5.63. The van der Waals surface area contributed by atoms with Gasteiger partial charge in [0.1, 0.15) is 5.54 Å². The molecular weight excluding hydrogens is 238 g/mol. The number of hydrogen-bond acceptors (Lipinski definition) is 3. The first-order valence-corrected chi connectivity index (χ1v) is 7.61. The van der Waals surface area contributed by atoms with Gasteiger partial charge in [-0.05, 0) is 63.6 Å². The average molecular weight is 267 g/mol. The monoisotopic (exact) mass is 267 g/mol. The third-order valence-corrected chi connectivity index (χ3v) is 5.07. The average Bonchev–Trinajstić information content (AvgIpc) is 3.15. The minimum absolute atomic E-state index is 0.180. The second-order valence-electron chi connectivity index (χ2n) is 7.15. The molecule has 2 aliphatic rings. The van der Waals surface area contributed by atoms with Gasteiger partial charge >= 0.3 is 0 Å². The molecule has 0 aromatic carbocycles. The lowest BCUT2D eigenvalue weighted by atomic mass is 9.85. The van der Waals surface area contributed by atoms with Gasteiger partial charge in [-0.2, -0.15) is 0 Å². The lowest BCUT2D eigenvalue weighted by molar-refractivity contribution is -0.126. The molecule has 1 aliphatic heterocycles. The predicted octanol–water partition coefficient (Wildman–Crippen LogP) is 1.35. The van der Waals surface area contributed by atoms with Crippen molar-refractivity contribution >= 4 is 5.91 Å². The first-order chi connectivity index (χ1) is 8.89. The number of likely N-dealkylation sites (N-methyl/N-ethyl adjacent to an activating group) is 1. The van der Waals surface area contributed by atoms with Crippen molar-refractivity contribution in [1.82, 2.24) is 10.2 Å². The van der Waals surface area contributed by atoms with Gasteiger partial charge < -0.3 is 16.0 Å². The summed E-state index contributed by atoms with van der Waals surface area (Å²) in [5, 5.41) is 3.25. The molecule has 2 rings (SSSR count). The van der Waals surface area contributed by atoms with Crippen LogP contribution in [0.15, 0.2) is 0 Å². The molecule has 1 aliphatic carbocycles. The minimum Gasteiger partial charge on any atom is -0.368 e. The van der Waals surface area contributed by atoms with Crippen LogP contribution in [0.4, 0.5) is 0 Å². The molecule has 0 aromatic rings. The van der Waals surface area contributed by atoms with Crippen molar-refractivity contribution in [3.63, 3.8) is 0 Å². The van der Waals surface area contributed by atoms with Crippen molar-refractivity contribution in [2.45, 2.75) is 51.5 Å². The number of rotatable bonds is 5. The smallest absolute Gasteiger partial charge is 0.239 e. The largest absolute Gasteiger partial charge is 0.368 e. The van der Waals surface area contributed by atoms with Crippen LogP contribution in [0, 0.1) is 11.3 Å². The Hall–Kier alpha value is -0.610. The van der Waals surface area contributed by atoms with Gasteiger partial charge in [-0.25, -0.2) is 0 Å². The van der Waals surface area contributed by atoms with Crippen molar-refractivity contribution in [1.29, 1.82) is 0 Å². The maximum Gasteiger partial charge on any atom is 0.239 e. The Morgan fingerprint density at radius 3 is 2.58 bits per heavy atom. The van der Waals surface area contributed by atoms with E-state index in [1.165, 1.54) is 19.3 Å². The summed E-state index contributed by atoms with van der Waals surface area (Å²) in [7, 11) is 1.88. The van der Waals surface area contributed by atoms with Gasteiger partial charge in [0.25, 0.3) is 0 Å². The number of amides is 1. The summed E-state index contributed by atoms with van der Waals surface area (Å²) < 4.78 is 0. The van der Waals surface area contributed by atoms with Crippen molar-refractivity contribution in [2.75, 3.05) is 26.7 Å². The van der Waals surface area contributed by atoms with E-state index in [1.807, 2.05) is 7.05 Å². The minimum atomic E-state index is -0.505. The second-order valence-corrected chi connectivity index (χ2v) is 7.15. The molecule has 4 nitrogen and oxygen atoms in total. The third kappa shape index (κ3) is 3.29. The van der Waals surface area contributed by atoms with Gasteiger partial charge in [-0.3, -0.25) is 4.79 Å². The van der Waals surface area contributed by atoms with Crippen LogP contribution in [0.1, 0.15) is 46.0 Å². The van der Waals surface area contributed by atoms with E-state index in [4.69, 9.17) is 5.73 Å². The quantitative estimate of drug-likeness (QED) is 0.790. The van der Waals surface area contributed by atoms with E-state index in [2.05, 4.69) is 24.1 Å². The Kier molecular flexibility index (Phi) is 4.21. The molecule has 0 aromatic heterocycles. The normalized spacial score (nSPS) is 27.5. The lowest BCUT2D eigenvalue weighted by Gasteiger charge is -2.36. The number of nitrogens with one attached hydrogen (secondary N) is 1. The zero-order chi connectivity index (χ0) is 14.1. The number of carbonyl (C=O) groups excluding carboxylic acids is 1. The molecule has 1 saturated heterocycles. The summed E-state index contributed by atoms with van der Waals surface area (Å²) >= 11 is 0. The fraction of sp³-hybridized carbons (Fsp3) is 0.933. The van der Waals surface area contributed by atoms with Gasteiger partial charge in [-0.15, -0.1) is 0 Å². The van der Waals surface area contributed by atoms with Gasteiger partial charge in [0, 0.05) is 6.54 Å². The Balaban J connectivity index is 2.03. The predicted molar refractivity (Wildman–Crippen MR) is 77.8 cm³/mol. The van der Waals surface area contributed by atoms with Crippen LogP contribution in [-0.4, -0.2) is 43.0 Å². The molecule has 1 saturated carbocycles. The number of carbonyl (C=O) groups is 1. The van der Waals surface area contributed by atoms with Gasteiger partial charge in [0.15, 0.2) is 0 Å². The van der Waals surface area contributed by atoms with Crippen molar-refractivity contribution in [3.8, 4) is 0 Å². The summed E-state index contributed by atoms with van der Waals surface area (Å²) in [4.78, 5) is 14.4. The topological polar surface area (TPSA) is 58.4 Å². The van der Waals surface area contributed by atoms with E-state index >= 15 is 0 Å². The van der Waals surface area contributed by atoms with E-state index in [0.29, 0.717) is 11.3 Å². The van der Waals surface area contributed by atoms with Gasteiger partial charge in [0.05, 0.1) is 0 Å². The molecular formula is C15H29N3O. The Morgan fingerprint density at radius 2 is 2.05 bits per heavy atom. The number of nitrogens with two attached hydrogens (primary N) is 1. The molecule has 1 unspecified atom stereocenters. The summed E-state index contributed by atoms with van der Waals surface area (Å²) in [6.07, 6.45) is 5.95. The van der Waals surface area contributed by atoms with E-state index in [-0.39, 0.29) is 5.91 Å². The fourth-order valence-electron chi connectivity index (χ4n) is 3.38. The van der Waals surface area contributed by atoms with Gasteiger partial charge in [-0.1, -0.05) is 13.8 Å². The highest BCUT2D eigenvalue weighted by atomic mass is 16.1. The standard InChI is InChI=1S/C15H29N3O/c1-14(2)7-4-9-18(10-8-14)11-15(17-3,13(16)19)12-5-6-12/h12,17H,4-11H2,1-3H3,(H2,16,19). The van der Waals surface area contributed by atoms with Crippen LogP contribution in [0.3, 0.4) is 0 Å². The van der Waals surface area contributed by atoms with Crippen LogP contribution in [0.2, 0.25) is 0 Å². The molecule has 0 spiro atoms. The Morgan fingerprint density at radius 1 is 1.37 bits per heavy atom. The zero-order valence-electron chi connectivity index (χ0n) is 12.7. The van der Waals surface area contributed by atoms with Crippen LogP contribution < -0.4 is 11.1 Å². The van der Waals surface area contributed by atoms with Crippen LogP contribution in [-0.2, 0) is 4.79 Å². The summed E-state index contributed by atoms with van der Waals surface area (Å²) in [6, 6.07) is 0. The first kappa shape index (κ1) is 14.8. The molecule has 1 atom stereocenters. The molecule has 0 bridgehead atoms. The van der Waals surface area contributed by atoms with Crippen molar-refractivity contribution in [3.05, 3.63) is 0 Å². The Bertz CT molecular complexity index is 338. The van der Waals surface area contributed by atoms with E-state index < -0.39 is 5.54 Å². The van der Waals surface area contributed by atoms with Crippen molar-refractivity contribution in [2.24, 2.45) is 17.1 Å². The SMILES string of the molecule is CNC(CN1CCCC(C)(C)CC1)(C(N)=O)C1CC1. The second kappa shape index (κ2) is 5.41. The summed E-state index contributed by atoms with van der Waals surface area (Å²) in [6.45, 7) is 7.64. The van der Waals surface area contributed by atoms with Crippen LogP contribution in [0.25, 0.3) is 0 Å². The highest BCUT2D eigenvalue weighted by Gasteiger charge is 2.49. The maximum absolute atomic E-state index is 12.0. The zero-order valence-corrected chi connectivity index (χ0v) is 12.7. The molecule has 0 radical (unpaired) electrons.